The molecule has 42 heteroatoms. The molecule has 2 rings (SSSR count). The van der Waals surface area contributed by atoms with Crippen molar-refractivity contribution in [2.45, 2.75) is 326 Å². The Hall–Kier alpha value is -3.36. The van der Waals surface area contributed by atoms with Gasteiger partial charge in [-0.15, -0.1) is 0 Å². The van der Waals surface area contributed by atoms with Gasteiger partial charge in [0.15, 0.2) is 12.6 Å². The third kappa shape index (κ3) is 25.1. The highest BCUT2D eigenvalue weighted by atomic mass is 19.4. The van der Waals surface area contributed by atoms with Crippen molar-refractivity contribution >= 4 is 11.8 Å². The first kappa shape index (κ1) is 96.7. The number of aliphatic hydroxyl groups excluding tert-OH is 8. The summed E-state index contributed by atoms with van der Waals surface area (Å²) in [7, 11) is 0. The first-order chi connectivity index (χ1) is 47.8. The maximum Gasteiger partial charge on any atom is 0.460 e. The quantitative estimate of drug-likeness (QED) is 0.0209. The van der Waals surface area contributed by atoms with Gasteiger partial charge in [-0.1, -0.05) is 128 Å². The van der Waals surface area contributed by atoms with E-state index in [0.29, 0.717) is 38.5 Å². The third-order valence-corrected chi connectivity index (χ3v) is 18.1. The molecule has 0 aliphatic carbocycles. The molecule has 2 amide bonds. The molecule has 2 heterocycles. The van der Waals surface area contributed by atoms with Crippen molar-refractivity contribution in [1.82, 2.24) is 9.80 Å². The van der Waals surface area contributed by atoms with Gasteiger partial charge in [-0.3, -0.25) is 9.59 Å². The molecule has 0 radical (unpaired) electrons. The molecule has 2 saturated heterocycles. The molecule has 8 N–H and O–H groups in total. The Morgan fingerprint density at radius 1 is 0.288 bits per heavy atom. The number of unbranched alkanes of at least 4 members (excludes halogenated alkanes) is 23. The van der Waals surface area contributed by atoms with Gasteiger partial charge in [0.1, 0.15) is 48.8 Å². The predicted octanol–water partition coefficient (Wildman–Crippen LogP) is 13.5. The number of nitrogens with zero attached hydrogens (tertiary/aromatic N) is 2. The number of ether oxygens (including phenoxy) is 4. The Morgan fingerprint density at radius 2 is 0.519 bits per heavy atom. The molecule has 10 atom stereocenters. The Balaban J connectivity index is 1.74. The lowest BCUT2D eigenvalue weighted by Gasteiger charge is -2.39. The highest BCUT2D eigenvalue weighted by molar-refractivity contribution is 5.76. The molecule has 0 aromatic heterocycles. The van der Waals surface area contributed by atoms with E-state index in [0.717, 1.165) is 113 Å². The van der Waals surface area contributed by atoms with Crippen molar-refractivity contribution in [3.05, 3.63) is 0 Å². The number of hydrogen-bond donors (Lipinski definition) is 8. The van der Waals surface area contributed by atoms with Crippen molar-refractivity contribution in [2.75, 3.05) is 52.6 Å². The highest BCUT2D eigenvalue weighted by Gasteiger charge is 2.92. The van der Waals surface area contributed by atoms with E-state index < -0.39 is 223 Å². The van der Waals surface area contributed by atoms with Crippen LogP contribution in [0.3, 0.4) is 0 Å². The van der Waals surface area contributed by atoms with Crippen LogP contribution in [0, 0.1) is 0 Å². The summed E-state index contributed by atoms with van der Waals surface area (Å²) in [4.78, 5) is 28.5. The molecule has 0 saturated carbocycles. The van der Waals surface area contributed by atoms with Crippen LogP contribution in [0.4, 0.5) is 114 Å². The number of aliphatic hydroxyl groups is 8. The zero-order valence-electron chi connectivity index (χ0n) is 56.4. The lowest BCUT2D eigenvalue weighted by molar-refractivity contribution is -0.440. The van der Waals surface area contributed by atoms with Crippen LogP contribution in [-0.4, -0.2) is 248 Å². The Morgan fingerprint density at radius 3 is 0.750 bits per heavy atom. The molecule has 0 aromatic carbocycles. The van der Waals surface area contributed by atoms with E-state index in [4.69, 9.17) is 18.9 Å². The van der Waals surface area contributed by atoms with Crippen LogP contribution in [0.1, 0.15) is 193 Å². The maximum absolute atomic E-state index is 14.4. The number of hydrogen-bond acceptors (Lipinski definition) is 14. The standard InChI is InChI=1S/C62H94F26N2O14/c63-51(64,53(67,68)55(71,72)57(75,76)59(79,80)61(83,84)85)29-23-21-27-41(93)89(33-35-101-49-47(99)45(97)43(95)39(37-91)103-49)31-25-19-17-15-13-11-9-7-5-3-1-2-4-6-8-10-12-14-16-18-20-26-32-90(34-36-102-50-48(100)46(98)44(96)40(38-92)104-50)42(94)28-22-24-30-52(65,66)54(69,70)56(73,74)58(77,78)60(81,82)62(86,87)88/h39-40,43-50,91-92,95-100H,1-38H2/t39-,40-,43+,44+,45+,46+,47-,48-,49-,50-/m1/s1. The summed E-state index contributed by atoms with van der Waals surface area (Å²) >= 11 is 0. The Kier molecular flexibility index (Phi) is 38.7. The zero-order chi connectivity index (χ0) is 79.8. The first-order valence-corrected chi connectivity index (χ1v) is 34.1. The van der Waals surface area contributed by atoms with Gasteiger partial charge in [0.2, 0.25) is 11.8 Å². The summed E-state index contributed by atoms with van der Waals surface area (Å²) in [6.07, 6.45) is -24.8. The van der Waals surface area contributed by atoms with Gasteiger partial charge in [-0.25, -0.2) is 0 Å². The minimum absolute atomic E-state index is 0.0577. The second-order valence-electron chi connectivity index (χ2n) is 26.1. The topological polar surface area (TPSA) is 239 Å². The van der Waals surface area contributed by atoms with Crippen molar-refractivity contribution in [2.24, 2.45) is 0 Å². The van der Waals surface area contributed by atoms with E-state index in [1.165, 1.54) is 0 Å². The summed E-state index contributed by atoms with van der Waals surface area (Å²) in [6.45, 7) is -3.44. The van der Waals surface area contributed by atoms with E-state index >= 15 is 0 Å². The SMILES string of the molecule is O=C(CCCCC(F)(F)C(F)(F)C(F)(F)C(F)(F)C(F)(F)C(F)(F)F)N(CCCCCCCCCCCCCCCCCCCCCCCCN(CCO[C@@H]1O[C@H](CO)[C@H](O)[C@H](O)[C@H]1O)C(=O)CCCCC(F)(F)C(F)(F)C(F)(F)C(F)(F)C(F)(F)C(F)(F)F)CCO[C@@H]1O[C@H](CO)[C@H](O)[C@H](O)[C@H]1O. The smallest absolute Gasteiger partial charge is 0.394 e. The minimum Gasteiger partial charge on any atom is -0.394 e. The fraction of sp³-hybridized carbons (Fsp3) is 0.968. The largest absolute Gasteiger partial charge is 0.460 e. The number of amides is 2. The second-order valence-corrected chi connectivity index (χ2v) is 26.1. The molecule has 0 unspecified atom stereocenters. The van der Waals surface area contributed by atoms with Gasteiger partial charge in [0.25, 0.3) is 0 Å². The monoisotopic (exact) mass is 1580 g/mol. The molecule has 0 aromatic rings. The maximum atomic E-state index is 14.4. The molecule has 104 heavy (non-hydrogen) atoms. The van der Waals surface area contributed by atoms with E-state index in [2.05, 4.69) is 0 Å². The van der Waals surface area contributed by atoms with E-state index in [1.54, 1.807) is 0 Å². The van der Waals surface area contributed by atoms with Crippen molar-refractivity contribution in [3.63, 3.8) is 0 Å². The van der Waals surface area contributed by atoms with Crippen molar-refractivity contribution in [3.8, 4) is 0 Å². The molecular weight excluding hydrogens is 1490 g/mol. The first-order valence-electron chi connectivity index (χ1n) is 34.1. The van der Waals surface area contributed by atoms with Crippen LogP contribution >= 0.6 is 0 Å². The lowest BCUT2D eigenvalue weighted by atomic mass is 9.91. The fourth-order valence-corrected chi connectivity index (χ4v) is 11.3. The number of alkyl halides is 26. The van der Waals surface area contributed by atoms with E-state index in [-0.39, 0.29) is 26.2 Å². The average Bonchev–Trinajstić information content (AvgIpc) is 0.718. The number of carbonyl (C=O) groups excluding carboxylic acids is 2. The average molecular weight is 1590 g/mol. The van der Waals surface area contributed by atoms with Gasteiger partial charge >= 0.3 is 71.6 Å². The van der Waals surface area contributed by atoms with Crippen molar-refractivity contribution < 1.29 is 184 Å². The minimum atomic E-state index is -8.05. The molecule has 2 aliphatic heterocycles. The molecule has 16 nitrogen and oxygen atoms in total. The summed E-state index contributed by atoms with van der Waals surface area (Å²) < 4.78 is 374. The predicted molar refractivity (Wildman–Crippen MR) is 313 cm³/mol. The molecular formula is C62H94F26N2O14. The van der Waals surface area contributed by atoms with Gasteiger partial charge in [0, 0.05) is 51.9 Å². The van der Waals surface area contributed by atoms with E-state index in [1.807, 2.05) is 0 Å². The molecule has 0 bridgehead atoms. The Labute approximate surface area is 582 Å². The van der Waals surface area contributed by atoms with Crippen LogP contribution in [0.2, 0.25) is 0 Å². The van der Waals surface area contributed by atoms with Gasteiger partial charge in [-0.2, -0.15) is 114 Å². The molecule has 0 spiro atoms. The second kappa shape index (κ2) is 41.6. The summed E-state index contributed by atoms with van der Waals surface area (Å²) in [5, 5.41) is 79.5. The molecule has 618 valence electrons. The number of carbonyl (C=O) groups is 2. The van der Waals surface area contributed by atoms with E-state index in [9.17, 15) is 165 Å². The Bertz CT molecular complexity index is 2300. The highest BCUT2D eigenvalue weighted by Crippen LogP contribution is 2.63. The summed E-state index contributed by atoms with van der Waals surface area (Å²) in [5.74, 6) is -77.0. The summed E-state index contributed by atoms with van der Waals surface area (Å²) in [5.41, 5.74) is 0. The normalized spacial score (nSPS) is 22.7. The third-order valence-electron chi connectivity index (χ3n) is 18.1. The number of rotatable bonds is 53. The van der Waals surface area contributed by atoms with Crippen LogP contribution in [0.25, 0.3) is 0 Å². The van der Waals surface area contributed by atoms with Crippen LogP contribution in [-0.2, 0) is 28.5 Å². The van der Waals surface area contributed by atoms with Gasteiger partial charge in [-0.05, 0) is 38.5 Å². The fourth-order valence-electron chi connectivity index (χ4n) is 11.3. The number of halogens is 26. The lowest BCUT2D eigenvalue weighted by Crippen LogP contribution is -2.70. The molecule has 2 aliphatic rings. The zero-order valence-corrected chi connectivity index (χ0v) is 56.4. The molecule has 2 fully saturated rings. The summed E-state index contributed by atoms with van der Waals surface area (Å²) in [6, 6.07) is 0. The van der Waals surface area contributed by atoms with Gasteiger partial charge in [0.05, 0.1) is 26.4 Å². The van der Waals surface area contributed by atoms with Gasteiger partial charge < -0.3 is 69.6 Å². The van der Waals surface area contributed by atoms with Crippen LogP contribution < -0.4 is 0 Å². The van der Waals surface area contributed by atoms with Crippen LogP contribution in [0.5, 0.6) is 0 Å². The van der Waals surface area contributed by atoms with Crippen molar-refractivity contribution in [1.29, 1.82) is 0 Å². The van der Waals surface area contributed by atoms with Crippen LogP contribution in [0.15, 0.2) is 0 Å².